The van der Waals surface area contributed by atoms with E-state index < -0.39 is 0 Å². The molecule has 0 radical (unpaired) electrons. The quantitative estimate of drug-likeness (QED) is 0.413. The van der Waals surface area contributed by atoms with Crippen LogP contribution < -0.4 is 0 Å². The second-order valence-corrected chi connectivity index (χ2v) is 10.6. The van der Waals surface area contributed by atoms with E-state index in [2.05, 4.69) is 72.8 Å². The van der Waals surface area contributed by atoms with Crippen LogP contribution in [-0.4, -0.2) is 58.8 Å². The van der Waals surface area contributed by atoms with Gasteiger partial charge in [-0.15, -0.1) is 0 Å². The maximum Gasteiger partial charge on any atom is 0.180 e. The SMILES string of the molecule is Cc1cc(-c2[nH]nc(-c3ncc(C4CCN(C(C)C(C)C)CC4)cn3)c2C(C)C)cn2ncnc12. The number of pyridine rings is 1. The topological polar surface area (TPSA) is 87.9 Å². The summed E-state index contributed by atoms with van der Waals surface area (Å²) in [7, 11) is 0. The highest BCUT2D eigenvalue weighted by atomic mass is 15.3. The predicted octanol–water partition coefficient (Wildman–Crippen LogP) is 5.23. The molecule has 5 heterocycles. The lowest BCUT2D eigenvalue weighted by Gasteiger charge is -2.37. The number of nitrogens with one attached hydrogen (secondary N) is 1. The molecule has 1 unspecified atom stereocenters. The number of hydrogen-bond donors (Lipinski definition) is 1. The van der Waals surface area contributed by atoms with E-state index in [1.807, 2.05) is 23.1 Å². The van der Waals surface area contributed by atoms with Gasteiger partial charge in [-0.2, -0.15) is 10.2 Å². The molecule has 1 aliphatic heterocycles. The Hall–Kier alpha value is -3.13. The minimum absolute atomic E-state index is 0.251. The number of likely N-dealkylation sites (tertiary alicyclic amines) is 1. The highest BCUT2D eigenvalue weighted by Crippen LogP contribution is 2.35. The van der Waals surface area contributed by atoms with Crippen LogP contribution in [0, 0.1) is 12.8 Å². The van der Waals surface area contributed by atoms with Gasteiger partial charge in [-0.05, 0) is 74.7 Å². The third-order valence-corrected chi connectivity index (χ3v) is 7.65. The van der Waals surface area contributed by atoms with Crippen molar-refractivity contribution in [3.8, 4) is 22.8 Å². The number of hydrogen-bond acceptors (Lipinski definition) is 6. The second-order valence-electron chi connectivity index (χ2n) is 10.6. The minimum atomic E-state index is 0.251. The van der Waals surface area contributed by atoms with Gasteiger partial charge in [-0.1, -0.05) is 27.7 Å². The maximum atomic E-state index is 4.78. The minimum Gasteiger partial charge on any atom is -0.300 e. The molecule has 8 nitrogen and oxygen atoms in total. The average Bonchev–Trinajstić information content (AvgIpc) is 3.51. The fourth-order valence-electron chi connectivity index (χ4n) is 5.27. The van der Waals surface area contributed by atoms with Crippen molar-refractivity contribution in [1.29, 1.82) is 0 Å². The van der Waals surface area contributed by atoms with Crippen molar-refractivity contribution in [2.75, 3.05) is 13.1 Å². The first-order valence-electron chi connectivity index (χ1n) is 12.8. The molecule has 0 aliphatic carbocycles. The van der Waals surface area contributed by atoms with Crippen LogP contribution in [0.4, 0.5) is 0 Å². The van der Waals surface area contributed by atoms with E-state index in [0.717, 1.165) is 59.7 Å². The molecule has 8 heteroatoms. The van der Waals surface area contributed by atoms with E-state index in [-0.39, 0.29) is 5.92 Å². The van der Waals surface area contributed by atoms with E-state index in [4.69, 9.17) is 9.97 Å². The first-order chi connectivity index (χ1) is 16.8. The number of piperidine rings is 1. The zero-order chi connectivity index (χ0) is 24.7. The summed E-state index contributed by atoms with van der Waals surface area (Å²) in [5.74, 6) is 2.13. The fourth-order valence-corrected chi connectivity index (χ4v) is 5.27. The standard InChI is InChI=1S/C27H36N8/c1-16(2)19(6)34-9-7-20(8-10-34)22-12-28-26(29-13-22)25-23(17(3)4)24(32-33-25)21-11-18(5)27-30-15-31-35(27)14-21/h11-17,19-20H,7-10H2,1-6H3,(H,32,33). The molecule has 4 aromatic heterocycles. The van der Waals surface area contributed by atoms with E-state index >= 15 is 0 Å². The number of aromatic amines is 1. The van der Waals surface area contributed by atoms with Crippen LogP contribution in [0.2, 0.25) is 0 Å². The van der Waals surface area contributed by atoms with Crippen molar-refractivity contribution >= 4 is 5.65 Å². The van der Waals surface area contributed by atoms with Crippen molar-refractivity contribution in [2.45, 2.75) is 72.3 Å². The second kappa shape index (κ2) is 9.49. The van der Waals surface area contributed by atoms with Crippen LogP contribution >= 0.6 is 0 Å². The lowest BCUT2D eigenvalue weighted by molar-refractivity contribution is 0.131. The van der Waals surface area contributed by atoms with Gasteiger partial charge < -0.3 is 4.90 Å². The fraction of sp³-hybridized carbons (Fsp3) is 0.519. The normalized spacial score (nSPS) is 16.6. The summed E-state index contributed by atoms with van der Waals surface area (Å²) < 4.78 is 1.81. The summed E-state index contributed by atoms with van der Waals surface area (Å²) in [5, 5.41) is 12.3. The number of nitrogens with zero attached hydrogens (tertiary/aromatic N) is 7. The van der Waals surface area contributed by atoms with Gasteiger partial charge in [0.1, 0.15) is 12.0 Å². The van der Waals surface area contributed by atoms with Crippen LogP contribution in [0.5, 0.6) is 0 Å². The van der Waals surface area contributed by atoms with Gasteiger partial charge in [-0.25, -0.2) is 19.5 Å². The highest BCUT2D eigenvalue weighted by Gasteiger charge is 2.26. The van der Waals surface area contributed by atoms with Crippen LogP contribution in [-0.2, 0) is 0 Å². The Kier molecular flexibility index (Phi) is 6.40. The van der Waals surface area contributed by atoms with E-state index in [1.165, 1.54) is 5.56 Å². The zero-order valence-electron chi connectivity index (χ0n) is 21.7. The molecule has 1 atom stereocenters. The molecular formula is C27H36N8. The van der Waals surface area contributed by atoms with Crippen molar-refractivity contribution in [1.82, 2.24) is 39.7 Å². The van der Waals surface area contributed by atoms with Gasteiger partial charge >= 0.3 is 0 Å². The molecule has 4 aromatic rings. The summed E-state index contributed by atoms with van der Waals surface area (Å²) in [6.45, 7) is 15.7. The number of fused-ring (bicyclic) bond motifs is 1. The number of H-pyrrole nitrogens is 1. The van der Waals surface area contributed by atoms with Gasteiger partial charge in [0, 0.05) is 35.8 Å². The monoisotopic (exact) mass is 472 g/mol. The third-order valence-electron chi connectivity index (χ3n) is 7.65. The van der Waals surface area contributed by atoms with Gasteiger partial charge in [0.15, 0.2) is 11.5 Å². The Bertz CT molecular complexity index is 1290. The molecule has 0 aromatic carbocycles. The molecule has 0 spiro atoms. The lowest BCUT2D eigenvalue weighted by Crippen LogP contribution is -2.41. The third kappa shape index (κ3) is 4.47. The number of rotatable bonds is 6. The van der Waals surface area contributed by atoms with Gasteiger partial charge in [0.05, 0.1) is 5.69 Å². The Morgan fingerprint density at radius 2 is 1.71 bits per heavy atom. The molecule has 1 aliphatic rings. The first-order valence-corrected chi connectivity index (χ1v) is 12.8. The number of aryl methyl sites for hydroxylation is 1. The van der Waals surface area contributed by atoms with Crippen molar-refractivity contribution in [3.05, 3.63) is 47.7 Å². The molecular weight excluding hydrogens is 436 g/mol. The highest BCUT2D eigenvalue weighted by molar-refractivity contribution is 5.73. The zero-order valence-corrected chi connectivity index (χ0v) is 21.7. The average molecular weight is 473 g/mol. The molecule has 1 saturated heterocycles. The maximum absolute atomic E-state index is 4.78. The molecule has 1 fully saturated rings. The van der Waals surface area contributed by atoms with Crippen molar-refractivity contribution < 1.29 is 0 Å². The Morgan fingerprint density at radius 3 is 2.37 bits per heavy atom. The molecule has 0 saturated carbocycles. The van der Waals surface area contributed by atoms with Crippen LogP contribution in [0.25, 0.3) is 28.4 Å². The molecule has 184 valence electrons. The van der Waals surface area contributed by atoms with E-state index in [1.54, 1.807) is 6.33 Å². The molecule has 0 amide bonds. The summed E-state index contributed by atoms with van der Waals surface area (Å²) in [6.07, 6.45) is 9.92. The molecule has 0 bridgehead atoms. The van der Waals surface area contributed by atoms with Crippen LogP contribution in [0.1, 0.15) is 76.0 Å². The summed E-state index contributed by atoms with van der Waals surface area (Å²) in [6, 6.07) is 2.76. The Labute approximate surface area is 207 Å². The summed E-state index contributed by atoms with van der Waals surface area (Å²) >= 11 is 0. The smallest absolute Gasteiger partial charge is 0.180 e. The molecule has 1 N–H and O–H groups in total. The Morgan fingerprint density at radius 1 is 1.00 bits per heavy atom. The molecule has 5 rings (SSSR count). The van der Waals surface area contributed by atoms with E-state index in [0.29, 0.717) is 23.7 Å². The van der Waals surface area contributed by atoms with Crippen molar-refractivity contribution in [2.24, 2.45) is 5.92 Å². The van der Waals surface area contributed by atoms with Gasteiger partial charge in [-0.3, -0.25) is 5.10 Å². The van der Waals surface area contributed by atoms with Gasteiger partial charge in [0.25, 0.3) is 0 Å². The number of aromatic nitrogens is 7. The first kappa shape index (κ1) is 23.6. The van der Waals surface area contributed by atoms with Crippen molar-refractivity contribution in [3.63, 3.8) is 0 Å². The summed E-state index contributed by atoms with van der Waals surface area (Å²) in [5.41, 5.74) is 7.12. The largest absolute Gasteiger partial charge is 0.300 e. The van der Waals surface area contributed by atoms with Crippen LogP contribution in [0.3, 0.4) is 0 Å². The lowest BCUT2D eigenvalue weighted by atomic mass is 9.89. The molecule has 35 heavy (non-hydrogen) atoms. The Balaban J connectivity index is 1.39. The summed E-state index contributed by atoms with van der Waals surface area (Å²) in [4.78, 5) is 16.5. The van der Waals surface area contributed by atoms with E-state index in [9.17, 15) is 0 Å². The van der Waals surface area contributed by atoms with Crippen LogP contribution in [0.15, 0.2) is 31.0 Å². The predicted molar refractivity (Wildman–Crippen MR) is 138 cm³/mol. The van der Waals surface area contributed by atoms with Gasteiger partial charge in [0.2, 0.25) is 0 Å².